The highest BCUT2D eigenvalue weighted by molar-refractivity contribution is 5.88. The van der Waals surface area contributed by atoms with Gasteiger partial charge in [0, 0.05) is 13.1 Å². The van der Waals surface area contributed by atoms with Gasteiger partial charge in [0.05, 0.1) is 19.3 Å². The topological polar surface area (TPSA) is 92.0 Å². The molecule has 1 atom stereocenters. The van der Waals surface area contributed by atoms with E-state index in [1.807, 2.05) is 6.92 Å². The first kappa shape index (κ1) is 15.4. The standard InChI is InChI=1S/C14H20N2O5/c1-3-10-8-16(4-5-20-10)14(19)15-7-11-6-12(13(17)18)9(2)21-11/h6,10H,3-5,7-8H2,1-2H3,(H,15,19)(H,17,18). The van der Waals surface area contributed by atoms with Gasteiger partial charge in [-0.3, -0.25) is 0 Å². The first-order valence-electron chi connectivity index (χ1n) is 6.98. The van der Waals surface area contributed by atoms with Gasteiger partial charge in [-0.05, 0) is 19.4 Å². The summed E-state index contributed by atoms with van der Waals surface area (Å²) in [5.74, 6) is -0.268. The summed E-state index contributed by atoms with van der Waals surface area (Å²) in [4.78, 5) is 24.7. The molecule has 7 heteroatoms. The molecule has 1 aliphatic heterocycles. The molecule has 0 aliphatic carbocycles. The van der Waals surface area contributed by atoms with Gasteiger partial charge in [0.15, 0.2) is 0 Å². The Kier molecular flexibility index (Phi) is 4.85. The lowest BCUT2D eigenvalue weighted by molar-refractivity contribution is -0.0154. The van der Waals surface area contributed by atoms with Crippen LogP contribution in [0.15, 0.2) is 10.5 Å². The van der Waals surface area contributed by atoms with Crippen LogP contribution in [0.3, 0.4) is 0 Å². The summed E-state index contributed by atoms with van der Waals surface area (Å²) in [5.41, 5.74) is 0.122. The van der Waals surface area contributed by atoms with Crippen molar-refractivity contribution in [2.45, 2.75) is 32.9 Å². The van der Waals surface area contributed by atoms with E-state index in [4.69, 9.17) is 14.3 Å². The van der Waals surface area contributed by atoms with Crippen LogP contribution in [0.2, 0.25) is 0 Å². The maximum atomic E-state index is 12.1. The van der Waals surface area contributed by atoms with E-state index < -0.39 is 5.97 Å². The van der Waals surface area contributed by atoms with Gasteiger partial charge < -0.3 is 24.5 Å². The fourth-order valence-electron chi connectivity index (χ4n) is 2.27. The van der Waals surface area contributed by atoms with Crippen molar-refractivity contribution in [3.8, 4) is 0 Å². The van der Waals surface area contributed by atoms with Gasteiger partial charge in [0.2, 0.25) is 0 Å². The molecule has 0 spiro atoms. The Hall–Kier alpha value is -2.02. The van der Waals surface area contributed by atoms with Crippen molar-refractivity contribution in [3.05, 3.63) is 23.2 Å². The molecule has 2 rings (SSSR count). The highest BCUT2D eigenvalue weighted by Crippen LogP contribution is 2.15. The highest BCUT2D eigenvalue weighted by Gasteiger charge is 2.23. The first-order chi connectivity index (χ1) is 10.0. The monoisotopic (exact) mass is 296 g/mol. The summed E-state index contributed by atoms with van der Waals surface area (Å²) in [7, 11) is 0. The van der Waals surface area contributed by atoms with E-state index >= 15 is 0 Å². The van der Waals surface area contributed by atoms with Crippen LogP contribution < -0.4 is 5.32 Å². The number of aryl methyl sites for hydroxylation is 1. The van der Waals surface area contributed by atoms with Crippen LogP contribution in [-0.4, -0.2) is 47.8 Å². The number of rotatable bonds is 4. The van der Waals surface area contributed by atoms with E-state index in [1.165, 1.54) is 6.07 Å². The second-order valence-corrected chi connectivity index (χ2v) is 4.99. The van der Waals surface area contributed by atoms with Crippen LogP contribution in [-0.2, 0) is 11.3 Å². The minimum absolute atomic E-state index is 0.0778. The van der Waals surface area contributed by atoms with Crippen molar-refractivity contribution in [2.75, 3.05) is 19.7 Å². The number of morpholine rings is 1. The van der Waals surface area contributed by atoms with Gasteiger partial charge in [0.25, 0.3) is 0 Å². The van der Waals surface area contributed by atoms with Crippen molar-refractivity contribution in [1.82, 2.24) is 10.2 Å². The molecule has 2 heterocycles. The number of furan rings is 1. The maximum Gasteiger partial charge on any atom is 0.339 e. The molecule has 21 heavy (non-hydrogen) atoms. The molecular formula is C14H20N2O5. The van der Waals surface area contributed by atoms with E-state index in [0.29, 0.717) is 31.2 Å². The Morgan fingerprint density at radius 3 is 2.90 bits per heavy atom. The lowest BCUT2D eigenvalue weighted by atomic mass is 10.2. The molecule has 0 saturated carbocycles. The first-order valence-corrected chi connectivity index (χ1v) is 6.98. The van der Waals surface area contributed by atoms with Crippen LogP contribution in [0.5, 0.6) is 0 Å². The third kappa shape index (κ3) is 3.75. The fourth-order valence-corrected chi connectivity index (χ4v) is 2.27. The van der Waals surface area contributed by atoms with Gasteiger partial charge in [0.1, 0.15) is 17.1 Å². The molecule has 0 radical (unpaired) electrons. The predicted octanol–water partition coefficient (Wildman–Crippen LogP) is 1.61. The van der Waals surface area contributed by atoms with Crippen molar-refractivity contribution in [3.63, 3.8) is 0 Å². The van der Waals surface area contributed by atoms with Crippen LogP contribution in [0.25, 0.3) is 0 Å². The molecule has 1 aliphatic rings. The summed E-state index contributed by atoms with van der Waals surface area (Å²) in [5, 5.41) is 11.7. The normalized spacial score (nSPS) is 18.6. The zero-order valence-corrected chi connectivity index (χ0v) is 12.2. The van der Waals surface area contributed by atoms with Gasteiger partial charge in [-0.25, -0.2) is 9.59 Å². The van der Waals surface area contributed by atoms with E-state index in [0.717, 1.165) is 6.42 Å². The number of nitrogens with zero attached hydrogens (tertiary/aromatic N) is 1. The number of hydrogen-bond donors (Lipinski definition) is 2. The number of urea groups is 1. The predicted molar refractivity (Wildman–Crippen MR) is 74.2 cm³/mol. The third-order valence-corrected chi connectivity index (χ3v) is 3.49. The SMILES string of the molecule is CCC1CN(C(=O)NCc2cc(C(=O)O)c(C)o2)CCO1. The maximum absolute atomic E-state index is 12.1. The lowest BCUT2D eigenvalue weighted by Gasteiger charge is -2.32. The van der Waals surface area contributed by atoms with E-state index in [2.05, 4.69) is 5.32 Å². The van der Waals surface area contributed by atoms with Crippen molar-refractivity contribution in [1.29, 1.82) is 0 Å². The Morgan fingerprint density at radius 2 is 2.29 bits per heavy atom. The molecule has 1 aromatic rings. The molecule has 1 unspecified atom stereocenters. The summed E-state index contributed by atoms with van der Waals surface area (Å²) >= 11 is 0. The molecule has 1 fully saturated rings. The molecule has 7 nitrogen and oxygen atoms in total. The van der Waals surface area contributed by atoms with Gasteiger partial charge in [-0.1, -0.05) is 6.92 Å². The van der Waals surface area contributed by atoms with E-state index in [1.54, 1.807) is 11.8 Å². The number of carboxylic acid groups (broad SMARTS) is 1. The smallest absolute Gasteiger partial charge is 0.339 e. The summed E-state index contributed by atoms with van der Waals surface area (Å²) in [6.45, 7) is 5.43. The summed E-state index contributed by atoms with van der Waals surface area (Å²) in [6.07, 6.45) is 0.942. The number of carbonyl (C=O) groups is 2. The molecule has 0 bridgehead atoms. The molecule has 116 valence electrons. The molecular weight excluding hydrogens is 276 g/mol. The lowest BCUT2D eigenvalue weighted by Crippen LogP contribution is -2.49. The average Bonchev–Trinajstić information content (AvgIpc) is 2.86. The zero-order chi connectivity index (χ0) is 15.4. The molecule has 1 saturated heterocycles. The minimum Gasteiger partial charge on any atom is -0.478 e. The van der Waals surface area contributed by atoms with Crippen molar-refractivity contribution in [2.24, 2.45) is 0 Å². The van der Waals surface area contributed by atoms with Crippen LogP contribution in [0.4, 0.5) is 4.79 Å². The molecule has 1 aromatic heterocycles. The Morgan fingerprint density at radius 1 is 1.52 bits per heavy atom. The van der Waals surface area contributed by atoms with Crippen LogP contribution >= 0.6 is 0 Å². The Bertz CT molecular complexity index is 525. The molecule has 0 aromatic carbocycles. The van der Waals surface area contributed by atoms with Gasteiger partial charge in [-0.2, -0.15) is 0 Å². The molecule has 2 N–H and O–H groups in total. The van der Waals surface area contributed by atoms with E-state index in [9.17, 15) is 9.59 Å². The second kappa shape index (κ2) is 6.62. The summed E-state index contributed by atoms with van der Waals surface area (Å²) in [6, 6.07) is 1.24. The third-order valence-electron chi connectivity index (χ3n) is 3.49. The number of carbonyl (C=O) groups excluding carboxylic acids is 1. The van der Waals surface area contributed by atoms with E-state index in [-0.39, 0.29) is 24.2 Å². The zero-order valence-electron chi connectivity index (χ0n) is 12.2. The Balaban J connectivity index is 1.89. The number of aromatic carboxylic acids is 1. The number of hydrogen-bond acceptors (Lipinski definition) is 4. The molecule has 2 amide bonds. The van der Waals surface area contributed by atoms with Crippen molar-refractivity contribution >= 4 is 12.0 Å². The van der Waals surface area contributed by atoms with Crippen LogP contribution in [0.1, 0.15) is 35.2 Å². The van der Waals surface area contributed by atoms with Crippen LogP contribution in [0, 0.1) is 6.92 Å². The Labute approximate surface area is 122 Å². The quantitative estimate of drug-likeness (QED) is 0.880. The summed E-state index contributed by atoms with van der Waals surface area (Å²) < 4.78 is 10.8. The largest absolute Gasteiger partial charge is 0.478 e. The number of carboxylic acids is 1. The number of amides is 2. The number of ether oxygens (including phenoxy) is 1. The fraction of sp³-hybridized carbons (Fsp3) is 0.571. The second-order valence-electron chi connectivity index (χ2n) is 4.99. The van der Waals surface area contributed by atoms with Gasteiger partial charge >= 0.3 is 12.0 Å². The minimum atomic E-state index is -1.03. The number of nitrogens with one attached hydrogen (secondary N) is 1. The average molecular weight is 296 g/mol. The van der Waals surface area contributed by atoms with Crippen molar-refractivity contribution < 1.29 is 23.8 Å². The van der Waals surface area contributed by atoms with Gasteiger partial charge in [-0.15, -0.1) is 0 Å². The highest BCUT2D eigenvalue weighted by atomic mass is 16.5.